The van der Waals surface area contributed by atoms with E-state index in [1.54, 1.807) is 0 Å². The monoisotopic (exact) mass is 322 g/mol. The van der Waals surface area contributed by atoms with E-state index in [1.165, 1.54) is 33.5 Å². The van der Waals surface area contributed by atoms with E-state index in [-0.39, 0.29) is 0 Å². The third kappa shape index (κ3) is 2.04. The number of likely N-dealkylation sites (N-methyl/N-ethyl adjacent to an activating group) is 1. The quantitative estimate of drug-likeness (QED) is 0.875. The molecular weight excluding hydrogens is 300 g/mol. The lowest BCUT2D eigenvalue weighted by atomic mass is 9.86. The van der Waals surface area contributed by atoms with Crippen molar-refractivity contribution >= 4 is 5.69 Å². The zero-order chi connectivity index (χ0) is 16.1. The van der Waals surface area contributed by atoms with Crippen LogP contribution in [0.1, 0.15) is 16.7 Å². The zero-order valence-electron chi connectivity index (χ0n) is 14.0. The minimum atomic E-state index is -0.593. The van der Waals surface area contributed by atoms with Crippen LogP contribution >= 0.6 is 0 Å². The van der Waals surface area contributed by atoms with Gasteiger partial charge in [-0.1, -0.05) is 30.3 Å². The van der Waals surface area contributed by atoms with Gasteiger partial charge in [-0.25, -0.2) is 0 Å². The topological polar surface area (TPSA) is 33.7 Å². The largest absolute Gasteiger partial charge is 0.379 e. The summed E-state index contributed by atoms with van der Waals surface area (Å²) in [5, 5.41) is 3.58. The Hall–Kier alpha value is -1.88. The summed E-state index contributed by atoms with van der Waals surface area (Å²) >= 11 is 0. The number of anilines is 1. The van der Waals surface area contributed by atoms with Crippen molar-refractivity contribution in [3.63, 3.8) is 0 Å². The molecule has 0 radical (unpaired) electrons. The molecule has 24 heavy (non-hydrogen) atoms. The predicted octanol–water partition coefficient (Wildman–Crippen LogP) is 2.97. The van der Waals surface area contributed by atoms with Crippen LogP contribution in [-0.4, -0.2) is 38.3 Å². The highest BCUT2D eigenvalue weighted by Crippen LogP contribution is 2.47. The van der Waals surface area contributed by atoms with E-state index < -0.39 is 5.79 Å². The van der Waals surface area contributed by atoms with Crippen LogP contribution in [0, 0.1) is 0 Å². The van der Waals surface area contributed by atoms with Gasteiger partial charge in [0.1, 0.15) is 0 Å². The first-order chi connectivity index (χ1) is 11.8. The van der Waals surface area contributed by atoms with E-state index in [4.69, 9.17) is 9.47 Å². The van der Waals surface area contributed by atoms with Gasteiger partial charge in [-0.3, -0.25) is 0 Å². The van der Waals surface area contributed by atoms with Gasteiger partial charge in [0.25, 0.3) is 0 Å². The Morgan fingerprint density at radius 1 is 1.08 bits per heavy atom. The Kier molecular flexibility index (Phi) is 3.20. The highest BCUT2D eigenvalue weighted by Gasteiger charge is 2.46. The van der Waals surface area contributed by atoms with Crippen LogP contribution in [0.25, 0.3) is 11.1 Å². The molecule has 4 nitrogen and oxygen atoms in total. The second kappa shape index (κ2) is 5.31. The van der Waals surface area contributed by atoms with E-state index >= 15 is 0 Å². The van der Waals surface area contributed by atoms with Crippen LogP contribution in [0.3, 0.4) is 0 Å². The van der Waals surface area contributed by atoms with Crippen molar-refractivity contribution in [3.8, 4) is 11.1 Å². The van der Waals surface area contributed by atoms with Crippen molar-refractivity contribution in [2.75, 3.05) is 38.7 Å². The maximum atomic E-state index is 6.04. The molecule has 3 heterocycles. The molecule has 1 saturated heterocycles. The summed E-state index contributed by atoms with van der Waals surface area (Å²) in [7, 11) is 2.19. The van der Waals surface area contributed by atoms with Crippen LogP contribution in [0.15, 0.2) is 36.4 Å². The number of hydrogen-bond acceptors (Lipinski definition) is 4. The second-order valence-electron chi connectivity index (χ2n) is 6.96. The van der Waals surface area contributed by atoms with Crippen molar-refractivity contribution in [1.29, 1.82) is 0 Å². The number of hydrogen-bond donors (Lipinski definition) is 1. The molecule has 0 atom stereocenters. The average molecular weight is 322 g/mol. The van der Waals surface area contributed by atoms with Crippen LogP contribution in [0.4, 0.5) is 5.69 Å². The van der Waals surface area contributed by atoms with E-state index in [9.17, 15) is 0 Å². The van der Waals surface area contributed by atoms with Gasteiger partial charge in [0.15, 0.2) is 0 Å². The molecule has 0 aromatic heterocycles. The Bertz CT molecular complexity index is 782. The van der Waals surface area contributed by atoms with Gasteiger partial charge >= 0.3 is 0 Å². The van der Waals surface area contributed by atoms with E-state index in [0.29, 0.717) is 19.8 Å². The highest BCUT2D eigenvalue weighted by molar-refractivity contribution is 5.78. The van der Waals surface area contributed by atoms with Crippen LogP contribution in [0.5, 0.6) is 0 Å². The molecule has 2 aromatic carbocycles. The van der Waals surface area contributed by atoms with E-state index in [1.807, 2.05) is 0 Å². The second-order valence-corrected chi connectivity index (χ2v) is 6.96. The molecule has 0 aliphatic carbocycles. The molecule has 4 heteroatoms. The van der Waals surface area contributed by atoms with Crippen molar-refractivity contribution in [2.45, 2.75) is 18.8 Å². The van der Waals surface area contributed by atoms with Gasteiger partial charge in [-0.15, -0.1) is 0 Å². The maximum Gasteiger partial charge on any atom is 0.215 e. The lowest BCUT2D eigenvalue weighted by molar-refractivity contribution is -0.148. The number of fused-ring (bicyclic) bond motifs is 4. The lowest BCUT2D eigenvalue weighted by Gasteiger charge is -2.30. The predicted molar refractivity (Wildman–Crippen MR) is 94.0 cm³/mol. The van der Waals surface area contributed by atoms with Crippen LogP contribution in [0.2, 0.25) is 0 Å². The summed E-state index contributed by atoms with van der Waals surface area (Å²) in [6.45, 7) is 4.11. The molecule has 1 fully saturated rings. The summed E-state index contributed by atoms with van der Waals surface area (Å²) < 4.78 is 12.1. The summed E-state index contributed by atoms with van der Waals surface area (Å²) in [5.74, 6) is -0.593. The van der Waals surface area contributed by atoms with Gasteiger partial charge < -0.3 is 19.7 Å². The lowest BCUT2D eigenvalue weighted by Crippen LogP contribution is -2.29. The van der Waals surface area contributed by atoms with Gasteiger partial charge in [0, 0.05) is 24.3 Å². The molecule has 3 aliphatic heterocycles. The fourth-order valence-corrected chi connectivity index (χ4v) is 4.28. The number of nitrogens with one attached hydrogen (secondary N) is 1. The summed E-state index contributed by atoms with van der Waals surface area (Å²) in [6.07, 6.45) is 1.08. The van der Waals surface area contributed by atoms with Gasteiger partial charge in [0.05, 0.1) is 19.8 Å². The molecular formula is C20H22N2O2. The zero-order valence-corrected chi connectivity index (χ0v) is 14.0. The fraction of sp³-hybridized carbons (Fsp3) is 0.400. The third-order valence-electron chi connectivity index (χ3n) is 5.47. The van der Waals surface area contributed by atoms with E-state index in [2.05, 4.69) is 53.7 Å². The van der Waals surface area contributed by atoms with E-state index in [0.717, 1.165) is 19.5 Å². The molecule has 2 aromatic rings. The average Bonchev–Trinajstić information content (AvgIpc) is 3.23. The SMILES string of the molecule is CN1CCc2c(-c3ccccc3)cc3c(c2C1)NCC31OCCO1. The highest BCUT2D eigenvalue weighted by atomic mass is 16.7. The Morgan fingerprint density at radius 3 is 2.67 bits per heavy atom. The maximum absolute atomic E-state index is 6.04. The molecule has 5 rings (SSSR count). The minimum Gasteiger partial charge on any atom is -0.379 e. The molecule has 0 unspecified atom stereocenters. The van der Waals surface area contributed by atoms with Gasteiger partial charge in [-0.2, -0.15) is 0 Å². The summed E-state index contributed by atoms with van der Waals surface area (Å²) in [5.41, 5.74) is 7.91. The van der Waals surface area contributed by atoms with Crippen LogP contribution in [-0.2, 0) is 28.2 Å². The summed E-state index contributed by atoms with van der Waals surface area (Å²) in [6, 6.07) is 13.0. The molecule has 0 bridgehead atoms. The fourth-order valence-electron chi connectivity index (χ4n) is 4.28. The molecule has 124 valence electrons. The first-order valence-corrected chi connectivity index (χ1v) is 8.72. The molecule has 3 aliphatic rings. The minimum absolute atomic E-state index is 0.593. The van der Waals surface area contributed by atoms with Crippen LogP contribution < -0.4 is 5.32 Å². The molecule has 0 saturated carbocycles. The standard InChI is InChI=1S/C20H22N2O2/c1-22-8-7-15-16(14-5-3-2-4-6-14)11-18-19(17(15)12-22)21-13-20(18)23-9-10-24-20/h2-6,11,21H,7-10,12-13H2,1H3. The molecule has 1 N–H and O–H groups in total. The van der Waals surface area contributed by atoms with Crippen molar-refractivity contribution in [2.24, 2.45) is 0 Å². The first-order valence-electron chi connectivity index (χ1n) is 8.72. The number of nitrogens with zero attached hydrogens (tertiary/aromatic N) is 1. The number of benzene rings is 2. The normalized spacial score (nSPS) is 21.5. The van der Waals surface area contributed by atoms with Crippen molar-refractivity contribution < 1.29 is 9.47 Å². The van der Waals surface area contributed by atoms with Crippen molar-refractivity contribution in [1.82, 2.24) is 4.90 Å². The molecule has 0 amide bonds. The van der Waals surface area contributed by atoms with Crippen molar-refractivity contribution in [3.05, 3.63) is 53.1 Å². The number of ether oxygens (including phenoxy) is 2. The Labute approximate surface area is 142 Å². The van der Waals surface area contributed by atoms with Gasteiger partial charge in [0.2, 0.25) is 5.79 Å². The molecule has 1 spiro atoms. The Balaban J connectivity index is 1.75. The first kappa shape index (κ1) is 14.5. The number of rotatable bonds is 1. The third-order valence-corrected chi connectivity index (χ3v) is 5.47. The Morgan fingerprint density at radius 2 is 1.88 bits per heavy atom. The summed E-state index contributed by atoms with van der Waals surface area (Å²) in [4.78, 5) is 2.39. The smallest absolute Gasteiger partial charge is 0.215 e. The van der Waals surface area contributed by atoms with Gasteiger partial charge in [-0.05, 0) is 41.8 Å².